The summed E-state index contributed by atoms with van der Waals surface area (Å²) in [5.74, 6) is 0.675. The molecule has 0 aliphatic carbocycles. The first-order valence-corrected chi connectivity index (χ1v) is 14.2. The molecule has 4 aromatic rings. The van der Waals surface area contributed by atoms with Crippen LogP contribution >= 0.6 is 11.6 Å². The molecule has 4 heterocycles. The lowest BCUT2D eigenvalue weighted by Crippen LogP contribution is -2.49. The van der Waals surface area contributed by atoms with Crippen LogP contribution in [0.2, 0.25) is 5.02 Å². The first kappa shape index (κ1) is 26.0. The molecule has 2 atom stereocenters. The van der Waals surface area contributed by atoms with Crippen LogP contribution in [0, 0.1) is 6.92 Å². The molecule has 9 nitrogen and oxygen atoms in total. The molecule has 2 aromatic carbocycles. The molecule has 2 saturated heterocycles. The number of halogens is 1. The number of pyridine rings is 1. The standard InChI is InChI=1S/C29H34ClN7O2/c1-3-20-7-9-25-21(15-20)16-24(29(38)31-25)27(28-32-33-34-37(28)18-23-5-4-14-39-23)36-12-10-35(11-13-36)26-17-22(30)8-6-19(26)2/h6-9,15-17,23,27H,3-5,10-14,18H2,1-2H3,(H,31,38)/t23-,27-/m1/s1. The molecule has 204 valence electrons. The van der Waals surface area contributed by atoms with Crippen molar-refractivity contribution in [1.82, 2.24) is 30.1 Å². The van der Waals surface area contributed by atoms with Crippen LogP contribution in [0.1, 0.15) is 48.3 Å². The van der Waals surface area contributed by atoms with E-state index in [9.17, 15) is 4.79 Å². The predicted molar refractivity (Wildman–Crippen MR) is 153 cm³/mol. The maximum absolute atomic E-state index is 13.6. The SMILES string of the molecule is CCc1ccc2[nH]c(=O)c([C@H](c3nnnn3C[C@H]3CCCO3)N3CCN(c4cc(Cl)ccc4C)CC3)cc2c1. The van der Waals surface area contributed by atoms with Gasteiger partial charge >= 0.3 is 0 Å². The number of hydrogen-bond acceptors (Lipinski definition) is 7. The van der Waals surface area contributed by atoms with Gasteiger partial charge in [0, 0.05) is 54.6 Å². The Balaban J connectivity index is 1.37. The van der Waals surface area contributed by atoms with E-state index in [1.165, 1.54) is 11.1 Å². The van der Waals surface area contributed by atoms with Crippen LogP contribution < -0.4 is 10.5 Å². The number of aromatic amines is 1. The Morgan fingerprint density at radius 3 is 2.74 bits per heavy atom. The number of hydrogen-bond donors (Lipinski definition) is 1. The van der Waals surface area contributed by atoms with E-state index in [-0.39, 0.29) is 17.7 Å². The molecule has 0 saturated carbocycles. The Kier molecular flexibility index (Phi) is 7.38. The smallest absolute Gasteiger partial charge is 0.253 e. The third kappa shape index (κ3) is 5.31. The average molecular weight is 548 g/mol. The highest BCUT2D eigenvalue weighted by Crippen LogP contribution is 2.31. The zero-order valence-electron chi connectivity index (χ0n) is 22.4. The van der Waals surface area contributed by atoms with Crippen molar-refractivity contribution in [2.75, 3.05) is 37.7 Å². The van der Waals surface area contributed by atoms with Crippen molar-refractivity contribution >= 4 is 28.2 Å². The summed E-state index contributed by atoms with van der Waals surface area (Å²) in [4.78, 5) is 21.4. The van der Waals surface area contributed by atoms with Gasteiger partial charge in [-0.15, -0.1) is 5.10 Å². The third-order valence-electron chi connectivity index (χ3n) is 8.04. The number of rotatable bonds is 7. The number of aromatic nitrogens is 5. The number of nitrogens with zero attached hydrogens (tertiary/aromatic N) is 6. The van der Waals surface area contributed by atoms with Crippen molar-refractivity contribution in [2.24, 2.45) is 0 Å². The molecule has 39 heavy (non-hydrogen) atoms. The van der Waals surface area contributed by atoms with Crippen molar-refractivity contribution < 1.29 is 4.74 Å². The highest BCUT2D eigenvalue weighted by atomic mass is 35.5. The Morgan fingerprint density at radius 1 is 1.13 bits per heavy atom. The van der Waals surface area contributed by atoms with Gasteiger partial charge in [-0.1, -0.05) is 30.7 Å². The fraction of sp³-hybridized carbons (Fsp3) is 0.448. The van der Waals surface area contributed by atoms with E-state index in [1.807, 2.05) is 28.9 Å². The molecule has 2 aromatic heterocycles. The van der Waals surface area contributed by atoms with Gasteiger partial charge in [-0.25, -0.2) is 4.68 Å². The zero-order valence-corrected chi connectivity index (χ0v) is 23.2. The van der Waals surface area contributed by atoms with Crippen LogP contribution in [0.15, 0.2) is 47.3 Å². The number of ether oxygens (including phenoxy) is 1. The zero-order chi connectivity index (χ0) is 26.9. The van der Waals surface area contributed by atoms with E-state index < -0.39 is 0 Å². The Hall–Kier alpha value is -3.27. The number of H-pyrrole nitrogens is 1. The van der Waals surface area contributed by atoms with Crippen LogP contribution in [0.3, 0.4) is 0 Å². The summed E-state index contributed by atoms with van der Waals surface area (Å²) in [6.07, 6.45) is 3.04. The molecule has 2 aliphatic rings. The van der Waals surface area contributed by atoms with Gasteiger partial charge in [0.25, 0.3) is 5.56 Å². The maximum Gasteiger partial charge on any atom is 0.253 e. The second-order valence-corrected chi connectivity index (χ2v) is 11.0. The Labute approximate surface area is 232 Å². The summed E-state index contributed by atoms with van der Waals surface area (Å²) in [6, 6.07) is 13.9. The first-order valence-electron chi connectivity index (χ1n) is 13.8. The van der Waals surface area contributed by atoms with Crippen molar-refractivity contribution in [3.8, 4) is 0 Å². The fourth-order valence-electron chi connectivity index (χ4n) is 5.86. The predicted octanol–water partition coefficient (Wildman–Crippen LogP) is 4.13. The molecular formula is C29H34ClN7O2. The van der Waals surface area contributed by atoms with Gasteiger partial charge < -0.3 is 14.6 Å². The molecule has 6 rings (SSSR count). The summed E-state index contributed by atoms with van der Waals surface area (Å²) in [5, 5.41) is 14.6. The molecular weight excluding hydrogens is 514 g/mol. The summed E-state index contributed by atoms with van der Waals surface area (Å²) in [5.41, 5.74) is 4.95. The fourth-order valence-corrected chi connectivity index (χ4v) is 6.02. The largest absolute Gasteiger partial charge is 0.376 e. The lowest BCUT2D eigenvalue weighted by Gasteiger charge is -2.40. The number of benzene rings is 2. The second kappa shape index (κ2) is 11.1. The first-order chi connectivity index (χ1) is 19.0. The lowest BCUT2D eigenvalue weighted by molar-refractivity contribution is 0.0906. The topological polar surface area (TPSA) is 92.2 Å². The van der Waals surface area contributed by atoms with Gasteiger partial charge in [-0.3, -0.25) is 9.69 Å². The van der Waals surface area contributed by atoms with E-state index in [0.29, 0.717) is 17.9 Å². The molecule has 10 heteroatoms. The molecule has 0 bridgehead atoms. The minimum Gasteiger partial charge on any atom is -0.376 e. The van der Waals surface area contributed by atoms with Crippen LogP contribution in [-0.2, 0) is 17.7 Å². The van der Waals surface area contributed by atoms with Crippen molar-refractivity contribution in [3.05, 3.63) is 80.4 Å². The summed E-state index contributed by atoms with van der Waals surface area (Å²) < 4.78 is 7.72. The van der Waals surface area contributed by atoms with E-state index in [4.69, 9.17) is 16.3 Å². The highest BCUT2D eigenvalue weighted by Gasteiger charge is 2.34. The molecule has 0 unspecified atom stereocenters. The molecule has 0 radical (unpaired) electrons. The quantitative estimate of drug-likeness (QED) is 0.372. The summed E-state index contributed by atoms with van der Waals surface area (Å²) >= 11 is 6.33. The van der Waals surface area contributed by atoms with E-state index in [1.54, 1.807) is 0 Å². The second-order valence-electron chi connectivity index (χ2n) is 10.5. The number of aryl methyl sites for hydroxylation is 2. The van der Waals surface area contributed by atoms with Crippen LogP contribution in [0.25, 0.3) is 10.9 Å². The maximum atomic E-state index is 13.6. The van der Waals surface area contributed by atoms with Crippen LogP contribution in [0.4, 0.5) is 5.69 Å². The van der Waals surface area contributed by atoms with Crippen molar-refractivity contribution in [3.63, 3.8) is 0 Å². The van der Waals surface area contributed by atoms with Crippen LogP contribution in [0.5, 0.6) is 0 Å². The average Bonchev–Trinajstić information content (AvgIpc) is 3.63. The number of anilines is 1. The number of tetrazole rings is 1. The summed E-state index contributed by atoms with van der Waals surface area (Å²) in [6.45, 7) is 8.68. The minimum atomic E-state index is -0.387. The normalized spacial score (nSPS) is 19.2. The highest BCUT2D eigenvalue weighted by molar-refractivity contribution is 6.30. The van der Waals surface area contributed by atoms with Gasteiger partial charge in [0.05, 0.1) is 12.6 Å². The van der Waals surface area contributed by atoms with Gasteiger partial charge in [0.15, 0.2) is 5.82 Å². The molecule has 2 fully saturated rings. The van der Waals surface area contributed by atoms with Gasteiger partial charge in [0.2, 0.25) is 0 Å². The monoisotopic (exact) mass is 547 g/mol. The third-order valence-corrected chi connectivity index (χ3v) is 8.27. The van der Waals surface area contributed by atoms with Gasteiger partial charge in [-0.05, 0) is 83.5 Å². The van der Waals surface area contributed by atoms with Crippen molar-refractivity contribution in [2.45, 2.75) is 51.8 Å². The number of fused-ring (bicyclic) bond motifs is 1. The van der Waals surface area contributed by atoms with Crippen LogP contribution in [-0.4, -0.2) is 69.0 Å². The summed E-state index contributed by atoms with van der Waals surface area (Å²) in [7, 11) is 0. The van der Waals surface area contributed by atoms with Gasteiger partial charge in [0.1, 0.15) is 6.04 Å². The minimum absolute atomic E-state index is 0.0811. The van der Waals surface area contributed by atoms with E-state index in [0.717, 1.165) is 73.7 Å². The number of piperazine rings is 1. The number of nitrogens with one attached hydrogen (secondary N) is 1. The lowest BCUT2D eigenvalue weighted by atomic mass is 10.0. The van der Waals surface area contributed by atoms with E-state index in [2.05, 4.69) is 62.4 Å². The molecule has 0 spiro atoms. The van der Waals surface area contributed by atoms with Gasteiger partial charge in [-0.2, -0.15) is 0 Å². The van der Waals surface area contributed by atoms with Crippen molar-refractivity contribution in [1.29, 1.82) is 0 Å². The van der Waals surface area contributed by atoms with E-state index >= 15 is 0 Å². The molecule has 1 N–H and O–H groups in total. The molecule has 0 amide bonds. The Morgan fingerprint density at radius 2 is 1.97 bits per heavy atom. The Bertz CT molecular complexity index is 1520. The molecule has 2 aliphatic heterocycles.